The number of piperazine rings is 1. The number of benzene rings is 2. The highest BCUT2D eigenvalue weighted by Gasteiger charge is 2.36. The zero-order chi connectivity index (χ0) is 22.1. The van der Waals surface area contributed by atoms with Gasteiger partial charge in [0.15, 0.2) is 0 Å². The van der Waals surface area contributed by atoms with Gasteiger partial charge in [-0.2, -0.15) is 0 Å². The number of carbonyl (C=O) groups is 3. The summed E-state index contributed by atoms with van der Waals surface area (Å²) < 4.78 is 11.1. The summed E-state index contributed by atoms with van der Waals surface area (Å²) in [5.74, 6) is -0.742. The van der Waals surface area contributed by atoms with Gasteiger partial charge in [0.05, 0.1) is 18.6 Å². The minimum absolute atomic E-state index is 0.172. The normalized spacial score (nSPS) is 15.8. The van der Waals surface area contributed by atoms with E-state index >= 15 is 0 Å². The van der Waals surface area contributed by atoms with E-state index in [1.165, 1.54) is 4.90 Å². The van der Waals surface area contributed by atoms with Gasteiger partial charge in [-0.25, -0.2) is 0 Å². The van der Waals surface area contributed by atoms with Crippen molar-refractivity contribution in [3.8, 4) is 5.75 Å². The van der Waals surface area contributed by atoms with Crippen LogP contribution in [0.15, 0.2) is 54.6 Å². The molecule has 2 aromatic rings. The standard InChI is InChI=1S/C24H28N2O5/c1-2-3-15-30-22(27)16-20-23(28)25-13-14-26(20)24(29)19-11-7-8-12-21(19)31-17-18-9-5-4-6-10-18/h4-12,20H,2-3,13-17H2,1H3,(H,25,28). The summed E-state index contributed by atoms with van der Waals surface area (Å²) in [6, 6.07) is 15.7. The lowest BCUT2D eigenvalue weighted by atomic mass is 10.1. The number of hydrogen-bond acceptors (Lipinski definition) is 5. The smallest absolute Gasteiger partial charge is 0.308 e. The van der Waals surface area contributed by atoms with Crippen LogP contribution in [0.1, 0.15) is 42.1 Å². The molecule has 7 nitrogen and oxygen atoms in total. The average molecular weight is 424 g/mol. The second-order valence-corrected chi connectivity index (χ2v) is 7.35. The monoisotopic (exact) mass is 424 g/mol. The molecule has 31 heavy (non-hydrogen) atoms. The third-order valence-corrected chi connectivity index (χ3v) is 5.07. The Labute approximate surface area is 182 Å². The molecule has 1 unspecified atom stereocenters. The first-order valence-electron chi connectivity index (χ1n) is 10.6. The van der Waals surface area contributed by atoms with Crippen LogP contribution in [0.2, 0.25) is 0 Å². The Bertz CT molecular complexity index is 900. The lowest BCUT2D eigenvalue weighted by Crippen LogP contribution is -2.57. The van der Waals surface area contributed by atoms with Crippen molar-refractivity contribution in [2.75, 3.05) is 19.7 Å². The summed E-state index contributed by atoms with van der Waals surface area (Å²) in [5, 5.41) is 2.73. The van der Waals surface area contributed by atoms with Crippen molar-refractivity contribution in [3.05, 3.63) is 65.7 Å². The van der Waals surface area contributed by atoms with Crippen molar-refractivity contribution in [1.29, 1.82) is 0 Å². The Balaban J connectivity index is 1.73. The van der Waals surface area contributed by atoms with Gasteiger partial charge < -0.3 is 19.7 Å². The van der Waals surface area contributed by atoms with Crippen LogP contribution < -0.4 is 10.1 Å². The molecule has 0 spiro atoms. The molecule has 1 saturated heterocycles. The van der Waals surface area contributed by atoms with E-state index in [2.05, 4.69) is 5.32 Å². The molecule has 0 radical (unpaired) electrons. The number of carbonyl (C=O) groups excluding carboxylic acids is 3. The highest BCUT2D eigenvalue weighted by Crippen LogP contribution is 2.23. The molecular formula is C24H28N2O5. The van der Waals surface area contributed by atoms with E-state index in [0.717, 1.165) is 18.4 Å². The van der Waals surface area contributed by atoms with Gasteiger partial charge in [0.25, 0.3) is 5.91 Å². The van der Waals surface area contributed by atoms with Gasteiger partial charge in [-0.15, -0.1) is 0 Å². The summed E-state index contributed by atoms with van der Waals surface area (Å²) in [6.07, 6.45) is 1.49. The number of esters is 1. The molecule has 0 bridgehead atoms. The van der Waals surface area contributed by atoms with Crippen LogP contribution in [0.4, 0.5) is 0 Å². The fraction of sp³-hybridized carbons (Fsp3) is 0.375. The Morgan fingerprint density at radius 3 is 2.61 bits per heavy atom. The molecule has 1 fully saturated rings. The number of amides is 2. The third-order valence-electron chi connectivity index (χ3n) is 5.07. The lowest BCUT2D eigenvalue weighted by Gasteiger charge is -2.34. The van der Waals surface area contributed by atoms with Gasteiger partial charge in [0, 0.05) is 13.1 Å². The first-order chi connectivity index (χ1) is 15.1. The van der Waals surface area contributed by atoms with Crippen LogP contribution in [0.25, 0.3) is 0 Å². The zero-order valence-electron chi connectivity index (χ0n) is 17.7. The molecule has 1 atom stereocenters. The predicted molar refractivity (Wildman–Crippen MR) is 116 cm³/mol. The fourth-order valence-electron chi connectivity index (χ4n) is 3.37. The molecular weight excluding hydrogens is 396 g/mol. The van der Waals surface area contributed by atoms with Crippen LogP contribution in [0.3, 0.4) is 0 Å². The molecule has 2 aromatic carbocycles. The van der Waals surface area contributed by atoms with Crippen LogP contribution in [-0.4, -0.2) is 48.4 Å². The highest BCUT2D eigenvalue weighted by molar-refractivity contribution is 6.01. The van der Waals surface area contributed by atoms with Crippen LogP contribution >= 0.6 is 0 Å². The van der Waals surface area contributed by atoms with Gasteiger partial charge in [-0.3, -0.25) is 14.4 Å². The number of rotatable bonds is 9. The largest absolute Gasteiger partial charge is 0.488 e. The zero-order valence-corrected chi connectivity index (χ0v) is 17.7. The number of nitrogens with one attached hydrogen (secondary N) is 1. The van der Waals surface area contributed by atoms with E-state index in [0.29, 0.717) is 37.6 Å². The SMILES string of the molecule is CCCCOC(=O)CC1C(=O)NCCN1C(=O)c1ccccc1OCc1ccccc1. The molecule has 2 amide bonds. The van der Waals surface area contributed by atoms with Gasteiger partial charge >= 0.3 is 5.97 Å². The van der Waals surface area contributed by atoms with Crippen molar-refractivity contribution < 1.29 is 23.9 Å². The van der Waals surface area contributed by atoms with E-state index in [1.54, 1.807) is 24.3 Å². The molecule has 1 N–H and O–H groups in total. The van der Waals surface area contributed by atoms with E-state index in [9.17, 15) is 14.4 Å². The first-order valence-corrected chi connectivity index (χ1v) is 10.6. The van der Waals surface area contributed by atoms with E-state index in [4.69, 9.17) is 9.47 Å². The van der Waals surface area contributed by atoms with Crippen molar-refractivity contribution in [2.24, 2.45) is 0 Å². The van der Waals surface area contributed by atoms with Crippen molar-refractivity contribution in [2.45, 2.75) is 38.8 Å². The van der Waals surface area contributed by atoms with Gasteiger partial charge in [0.1, 0.15) is 18.4 Å². The van der Waals surface area contributed by atoms with Crippen molar-refractivity contribution in [3.63, 3.8) is 0 Å². The second kappa shape index (κ2) is 11.2. The van der Waals surface area contributed by atoms with Crippen LogP contribution in [0.5, 0.6) is 5.75 Å². The number of ether oxygens (including phenoxy) is 2. The Morgan fingerprint density at radius 2 is 1.84 bits per heavy atom. The summed E-state index contributed by atoms with van der Waals surface area (Å²) in [6.45, 7) is 3.27. The Hall–Kier alpha value is -3.35. The summed E-state index contributed by atoms with van der Waals surface area (Å²) in [4.78, 5) is 39.4. The van der Waals surface area contributed by atoms with Crippen LogP contribution in [-0.2, 0) is 20.9 Å². The Morgan fingerprint density at radius 1 is 1.10 bits per heavy atom. The average Bonchev–Trinajstić information content (AvgIpc) is 2.79. The maximum Gasteiger partial charge on any atom is 0.308 e. The van der Waals surface area contributed by atoms with E-state index in [1.807, 2.05) is 37.3 Å². The van der Waals surface area contributed by atoms with Crippen molar-refractivity contribution >= 4 is 17.8 Å². The second-order valence-electron chi connectivity index (χ2n) is 7.35. The molecule has 0 saturated carbocycles. The summed E-state index contributed by atoms with van der Waals surface area (Å²) in [7, 11) is 0. The third kappa shape index (κ3) is 6.07. The lowest BCUT2D eigenvalue weighted by molar-refractivity contribution is -0.147. The first kappa shape index (κ1) is 22.3. The highest BCUT2D eigenvalue weighted by atomic mass is 16.5. The maximum atomic E-state index is 13.3. The maximum absolute atomic E-state index is 13.3. The number of para-hydroxylation sites is 1. The molecule has 7 heteroatoms. The number of hydrogen-bond donors (Lipinski definition) is 1. The molecule has 1 heterocycles. The van der Waals surface area contributed by atoms with Crippen molar-refractivity contribution in [1.82, 2.24) is 10.2 Å². The van der Waals surface area contributed by atoms with Gasteiger partial charge in [-0.1, -0.05) is 55.8 Å². The minimum Gasteiger partial charge on any atom is -0.488 e. The molecule has 1 aliphatic rings. The van der Waals surface area contributed by atoms with Gasteiger partial charge in [0.2, 0.25) is 5.91 Å². The predicted octanol–water partition coefficient (Wildman–Crippen LogP) is 2.94. The number of unbranched alkanes of at least 4 members (excludes halogenated alkanes) is 1. The number of nitrogens with zero attached hydrogens (tertiary/aromatic N) is 1. The van der Waals surface area contributed by atoms with Gasteiger partial charge in [-0.05, 0) is 24.1 Å². The molecule has 1 aliphatic heterocycles. The fourth-order valence-corrected chi connectivity index (χ4v) is 3.37. The Kier molecular flexibility index (Phi) is 8.04. The topological polar surface area (TPSA) is 84.9 Å². The molecule has 0 aliphatic carbocycles. The van der Waals surface area contributed by atoms with Crippen LogP contribution in [0, 0.1) is 0 Å². The van der Waals surface area contributed by atoms with E-state index in [-0.39, 0.29) is 18.2 Å². The summed E-state index contributed by atoms with van der Waals surface area (Å²) in [5.41, 5.74) is 1.34. The minimum atomic E-state index is -0.905. The molecule has 0 aromatic heterocycles. The molecule has 164 valence electrons. The molecule has 3 rings (SSSR count). The summed E-state index contributed by atoms with van der Waals surface area (Å²) >= 11 is 0. The quantitative estimate of drug-likeness (QED) is 0.494. The van der Waals surface area contributed by atoms with E-state index < -0.39 is 12.0 Å².